The molecule has 1 N–H and O–H groups in total. The molecule has 0 unspecified atom stereocenters. The maximum atomic E-state index is 13.3. The normalized spacial score (nSPS) is 13.1. The number of methoxy groups -OCH3 is 1. The third-order valence-corrected chi connectivity index (χ3v) is 6.45. The summed E-state index contributed by atoms with van der Waals surface area (Å²) < 4.78 is 11.9. The lowest BCUT2D eigenvalue weighted by Crippen LogP contribution is -2.50. The Kier molecular flexibility index (Phi) is 9.98. The van der Waals surface area contributed by atoms with Crippen LogP contribution in [0.15, 0.2) is 46.9 Å². The number of ether oxygens (including phenoxy) is 2. The summed E-state index contributed by atoms with van der Waals surface area (Å²) in [5.74, 6) is 0.861. The lowest BCUT2D eigenvalue weighted by molar-refractivity contribution is -0.142. The number of benzene rings is 2. The van der Waals surface area contributed by atoms with Crippen molar-refractivity contribution in [3.63, 3.8) is 0 Å². The summed E-state index contributed by atoms with van der Waals surface area (Å²) in [4.78, 5) is 27.7. The summed E-state index contributed by atoms with van der Waals surface area (Å²) in [5.41, 5.74) is 2.06. The van der Waals surface area contributed by atoms with Crippen LogP contribution in [0.4, 0.5) is 0 Å². The largest absolute Gasteiger partial charge is 0.497 e. The second-order valence-corrected chi connectivity index (χ2v) is 10.4. The van der Waals surface area contributed by atoms with Crippen molar-refractivity contribution in [2.75, 3.05) is 13.7 Å². The monoisotopic (exact) mass is 532 g/mol. The van der Waals surface area contributed by atoms with E-state index in [0.717, 1.165) is 27.8 Å². The van der Waals surface area contributed by atoms with Gasteiger partial charge in [0, 0.05) is 12.6 Å². The number of rotatable bonds is 10. The first kappa shape index (κ1) is 27.7. The second-order valence-electron chi connectivity index (χ2n) is 9.55. The van der Waals surface area contributed by atoms with Crippen LogP contribution in [0, 0.1) is 0 Å². The van der Waals surface area contributed by atoms with Crippen molar-refractivity contribution >= 4 is 27.7 Å². The van der Waals surface area contributed by atoms with Gasteiger partial charge >= 0.3 is 0 Å². The van der Waals surface area contributed by atoms with Crippen molar-refractivity contribution < 1.29 is 19.1 Å². The van der Waals surface area contributed by atoms with Crippen LogP contribution in [-0.2, 0) is 21.5 Å². The topological polar surface area (TPSA) is 67.9 Å². The van der Waals surface area contributed by atoms with E-state index >= 15 is 0 Å². The fourth-order valence-electron chi connectivity index (χ4n) is 3.28. The number of hydrogen-bond acceptors (Lipinski definition) is 4. The van der Waals surface area contributed by atoms with E-state index in [1.54, 1.807) is 18.9 Å². The van der Waals surface area contributed by atoms with Gasteiger partial charge in [0.05, 0.1) is 11.6 Å². The van der Waals surface area contributed by atoms with E-state index in [0.29, 0.717) is 5.75 Å². The highest BCUT2D eigenvalue weighted by Crippen LogP contribution is 2.31. The SMILES string of the molecule is CC[C@H](C)NC(=O)[C@@H](C)N(Cc1ccc(OC)cc1)C(=O)COc1ccc(C(C)(C)C)cc1Br. The van der Waals surface area contributed by atoms with E-state index in [-0.39, 0.29) is 36.4 Å². The molecule has 0 radical (unpaired) electrons. The summed E-state index contributed by atoms with van der Waals surface area (Å²) in [6.45, 7) is 12.2. The molecule has 0 aliphatic carbocycles. The van der Waals surface area contributed by atoms with Crippen molar-refractivity contribution in [1.29, 1.82) is 0 Å². The Balaban J connectivity index is 2.19. The Labute approximate surface area is 212 Å². The van der Waals surface area contributed by atoms with Crippen molar-refractivity contribution in [3.05, 3.63) is 58.1 Å². The molecule has 2 aromatic rings. The molecule has 0 fully saturated rings. The highest BCUT2D eigenvalue weighted by atomic mass is 79.9. The van der Waals surface area contributed by atoms with Crippen LogP contribution in [0.25, 0.3) is 0 Å². The van der Waals surface area contributed by atoms with Crippen molar-refractivity contribution in [2.45, 2.75) is 72.0 Å². The van der Waals surface area contributed by atoms with Gasteiger partial charge in [-0.05, 0) is 77.0 Å². The van der Waals surface area contributed by atoms with Gasteiger partial charge in [-0.3, -0.25) is 9.59 Å². The van der Waals surface area contributed by atoms with E-state index in [9.17, 15) is 9.59 Å². The zero-order valence-corrected chi connectivity index (χ0v) is 22.9. The molecule has 2 rings (SSSR count). The van der Waals surface area contributed by atoms with Gasteiger partial charge in [-0.2, -0.15) is 0 Å². The Hall–Kier alpha value is -2.54. The molecule has 6 nitrogen and oxygen atoms in total. The fraction of sp³-hybridized carbons (Fsp3) is 0.481. The quantitative estimate of drug-likeness (QED) is 0.440. The van der Waals surface area contributed by atoms with E-state index in [4.69, 9.17) is 9.47 Å². The smallest absolute Gasteiger partial charge is 0.261 e. The summed E-state index contributed by atoms with van der Waals surface area (Å²) in [6.07, 6.45) is 0.812. The number of nitrogens with one attached hydrogen (secondary N) is 1. The molecule has 0 bridgehead atoms. The molecule has 0 aromatic heterocycles. The predicted octanol–water partition coefficient (Wildman–Crippen LogP) is 5.47. The van der Waals surface area contributed by atoms with E-state index in [1.807, 2.05) is 56.3 Å². The molecule has 186 valence electrons. The van der Waals surface area contributed by atoms with E-state index in [2.05, 4.69) is 42.0 Å². The van der Waals surface area contributed by atoms with Gasteiger partial charge < -0.3 is 19.7 Å². The third-order valence-electron chi connectivity index (χ3n) is 5.83. The second kappa shape index (κ2) is 12.2. The third kappa shape index (κ3) is 7.76. The number of carbonyl (C=O) groups is 2. The predicted molar refractivity (Wildman–Crippen MR) is 139 cm³/mol. The van der Waals surface area contributed by atoms with Crippen molar-refractivity contribution in [2.24, 2.45) is 0 Å². The molecule has 0 heterocycles. The molecule has 2 atom stereocenters. The summed E-state index contributed by atoms with van der Waals surface area (Å²) >= 11 is 3.56. The maximum Gasteiger partial charge on any atom is 0.261 e. The van der Waals surface area contributed by atoms with Crippen molar-refractivity contribution in [1.82, 2.24) is 10.2 Å². The lowest BCUT2D eigenvalue weighted by atomic mass is 9.87. The number of nitrogens with zero attached hydrogens (tertiary/aromatic N) is 1. The highest BCUT2D eigenvalue weighted by molar-refractivity contribution is 9.10. The first-order chi connectivity index (χ1) is 16.0. The molecule has 0 aliphatic heterocycles. The Morgan fingerprint density at radius 3 is 2.26 bits per heavy atom. The summed E-state index contributed by atoms with van der Waals surface area (Å²) in [7, 11) is 1.61. The lowest BCUT2D eigenvalue weighted by Gasteiger charge is -2.29. The maximum absolute atomic E-state index is 13.3. The van der Waals surface area contributed by atoms with Gasteiger partial charge in [0.2, 0.25) is 5.91 Å². The molecule has 2 aromatic carbocycles. The van der Waals surface area contributed by atoms with Crippen LogP contribution in [0.2, 0.25) is 0 Å². The van der Waals surface area contributed by atoms with Gasteiger partial charge in [0.25, 0.3) is 5.91 Å². The average molecular weight is 534 g/mol. The molecular weight excluding hydrogens is 496 g/mol. The van der Waals surface area contributed by atoms with E-state index < -0.39 is 6.04 Å². The molecule has 7 heteroatoms. The van der Waals surface area contributed by atoms with Crippen LogP contribution in [0.5, 0.6) is 11.5 Å². The van der Waals surface area contributed by atoms with Gasteiger partial charge in [-0.15, -0.1) is 0 Å². The number of hydrogen-bond donors (Lipinski definition) is 1. The minimum atomic E-state index is -0.654. The average Bonchev–Trinajstić information content (AvgIpc) is 2.80. The van der Waals surface area contributed by atoms with Gasteiger partial charge in [0.15, 0.2) is 6.61 Å². The molecule has 2 amide bonds. The van der Waals surface area contributed by atoms with Crippen molar-refractivity contribution in [3.8, 4) is 11.5 Å². The number of halogens is 1. The minimum absolute atomic E-state index is 0.00442. The molecular formula is C27H37BrN2O4. The molecule has 0 spiro atoms. The zero-order chi connectivity index (χ0) is 25.5. The van der Waals surface area contributed by atoms with Gasteiger partial charge in [0.1, 0.15) is 17.5 Å². The standard InChI is InChI=1S/C27H37BrN2O4/c1-8-18(2)29-26(32)19(3)30(16-20-9-12-22(33-7)13-10-20)25(31)17-34-24-14-11-21(15-23(24)28)27(4,5)6/h9-15,18-19H,8,16-17H2,1-7H3,(H,29,32)/t18-,19+/m0/s1. The molecule has 0 aliphatic rings. The highest BCUT2D eigenvalue weighted by Gasteiger charge is 2.27. The van der Waals surface area contributed by atoms with Crippen LogP contribution in [0.1, 0.15) is 59.1 Å². The molecule has 0 saturated carbocycles. The Morgan fingerprint density at radius 2 is 1.74 bits per heavy atom. The van der Waals surface area contributed by atoms with Crippen LogP contribution in [-0.4, -0.2) is 42.5 Å². The Bertz CT molecular complexity index is 970. The molecule has 0 saturated heterocycles. The number of carbonyl (C=O) groups excluding carboxylic acids is 2. The minimum Gasteiger partial charge on any atom is -0.497 e. The molecule has 34 heavy (non-hydrogen) atoms. The summed E-state index contributed by atoms with van der Waals surface area (Å²) in [5, 5.41) is 2.97. The van der Waals surface area contributed by atoms with Gasteiger partial charge in [-0.1, -0.05) is 45.9 Å². The first-order valence-corrected chi connectivity index (χ1v) is 12.4. The fourth-order valence-corrected chi connectivity index (χ4v) is 3.78. The summed E-state index contributed by atoms with van der Waals surface area (Å²) in [6, 6.07) is 12.7. The van der Waals surface area contributed by atoms with Crippen LogP contribution < -0.4 is 14.8 Å². The zero-order valence-electron chi connectivity index (χ0n) is 21.3. The Morgan fingerprint density at radius 1 is 1.09 bits per heavy atom. The first-order valence-electron chi connectivity index (χ1n) is 11.6. The van der Waals surface area contributed by atoms with Crippen LogP contribution >= 0.6 is 15.9 Å². The number of amides is 2. The van der Waals surface area contributed by atoms with Gasteiger partial charge in [-0.25, -0.2) is 0 Å². The van der Waals surface area contributed by atoms with E-state index in [1.165, 1.54) is 0 Å². The van der Waals surface area contributed by atoms with Crippen LogP contribution in [0.3, 0.4) is 0 Å².